The molecule has 0 saturated carbocycles. The van der Waals surface area contributed by atoms with Gasteiger partial charge in [-0.2, -0.15) is 0 Å². The zero-order valence-corrected chi connectivity index (χ0v) is 21.8. The highest BCUT2D eigenvalue weighted by Crippen LogP contribution is 2.23. The van der Waals surface area contributed by atoms with Gasteiger partial charge in [0.2, 0.25) is 0 Å². The zero-order valence-electron chi connectivity index (χ0n) is 19.4. The van der Waals surface area contributed by atoms with Crippen LogP contribution < -0.4 is 16.0 Å². The van der Waals surface area contributed by atoms with Crippen molar-refractivity contribution in [1.82, 2.24) is 20.9 Å². The molecule has 1 aromatic rings. The summed E-state index contributed by atoms with van der Waals surface area (Å²) in [6, 6.07) is 6.64. The summed E-state index contributed by atoms with van der Waals surface area (Å²) in [5, 5.41) is 9.13. The van der Waals surface area contributed by atoms with Crippen LogP contribution in [-0.2, 0) is 9.47 Å². The average Bonchev–Trinajstić information content (AvgIpc) is 2.71. The lowest BCUT2D eigenvalue weighted by atomic mass is 10.0. The number of benzene rings is 1. The second-order valence-electron chi connectivity index (χ2n) is 8.29. The Labute approximate surface area is 207 Å². The second kappa shape index (κ2) is 14.5. The van der Waals surface area contributed by atoms with Gasteiger partial charge in [-0.1, -0.05) is 12.1 Å². The minimum Gasteiger partial charge on any atom is -0.444 e. The van der Waals surface area contributed by atoms with Crippen LogP contribution in [0, 0.1) is 5.82 Å². The van der Waals surface area contributed by atoms with Crippen LogP contribution in [0.3, 0.4) is 0 Å². The maximum absolute atomic E-state index is 13.8. The van der Waals surface area contributed by atoms with Gasteiger partial charge in [-0.15, -0.1) is 24.0 Å². The molecule has 0 bridgehead atoms. The summed E-state index contributed by atoms with van der Waals surface area (Å²) < 4.78 is 24.5. The number of carbonyl (C=O) groups is 1. The summed E-state index contributed by atoms with van der Waals surface area (Å²) in [7, 11) is 0. The highest BCUT2D eigenvalue weighted by atomic mass is 127. The molecule has 1 heterocycles. The van der Waals surface area contributed by atoms with E-state index in [1.165, 1.54) is 6.07 Å². The van der Waals surface area contributed by atoms with E-state index in [2.05, 4.69) is 20.9 Å². The molecule has 0 spiro atoms. The Bertz CT molecular complexity index is 724. The average molecular weight is 565 g/mol. The first-order chi connectivity index (χ1) is 14.8. The van der Waals surface area contributed by atoms with Gasteiger partial charge in [0, 0.05) is 32.7 Å². The molecule has 32 heavy (non-hydrogen) atoms. The number of guanidine groups is 1. The van der Waals surface area contributed by atoms with Crippen molar-refractivity contribution in [2.24, 2.45) is 4.99 Å². The molecular formula is C22H37FIN5O3. The van der Waals surface area contributed by atoms with Crippen LogP contribution in [0.1, 0.15) is 39.3 Å². The molecule has 0 radical (unpaired) electrons. The number of ether oxygens (including phenoxy) is 2. The lowest BCUT2D eigenvalue weighted by Crippen LogP contribution is -2.43. The van der Waals surface area contributed by atoms with Crippen molar-refractivity contribution in [2.75, 3.05) is 52.5 Å². The second-order valence-corrected chi connectivity index (χ2v) is 8.29. The number of hydrogen-bond acceptors (Lipinski definition) is 5. The smallest absolute Gasteiger partial charge is 0.407 e. The molecule has 1 fully saturated rings. The Morgan fingerprint density at radius 1 is 1.22 bits per heavy atom. The third-order valence-electron chi connectivity index (χ3n) is 4.57. The van der Waals surface area contributed by atoms with E-state index in [1.807, 2.05) is 33.8 Å². The number of alkyl carbamates (subject to hydrolysis) is 1. The van der Waals surface area contributed by atoms with Crippen molar-refractivity contribution in [3.8, 4) is 0 Å². The molecule has 3 N–H and O–H groups in total. The molecule has 1 amide bonds. The number of carbonyl (C=O) groups excluding carboxylic acids is 1. The van der Waals surface area contributed by atoms with Crippen molar-refractivity contribution in [3.63, 3.8) is 0 Å². The molecular weight excluding hydrogens is 528 g/mol. The largest absolute Gasteiger partial charge is 0.444 e. The van der Waals surface area contributed by atoms with Crippen molar-refractivity contribution in [2.45, 2.75) is 39.3 Å². The predicted molar refractivity (Wildman–Crippen MR) is 135 cm³/mol. The van der Waals surface area contributed by atoms with E-state index in [-0.39, 0.29) is 35.8 Å². The number of nitrogens with one attached hydrogen (secondary N) is 3. The monoisotopic (exact) mass is 565 g/mol. The molecule has 1 aliphatic heterocycles. The van der Waals surface area contributed by atoms with Crippen molar-refractivity contribution >= 4 is 36.0 Å². The first-order valence-electron chi connectivity index (χ1n) is 10.8. The van der Waals surface area contributed by atoms with Gasteiger partial charge >= 0.3 is 6.09 Å². The topological polar surface area (TPSA) is 87.2 Å². The molecule has 182 valence electrons. The Hall–Kier alpha value is -1.66. The fraction of sp³-hybridized carbons (Fsp3) is 0.636. The van der Waals surface area contributed by atoms with E-state index in [0.29, 0.717) is 45.4 Å². The summed E-state index contributed by atoms with van der Waals surface area (Å²) in [6.07, 6.45) is -0.449. The summed E-state index contributed by atoms with van der Waals surface area (Å²) in [5.41, 5.74) is 0.368. The number of amides is 1. The number of aliphatic imine (C=N–C) groups is 1. The molecule has 1 aliphatic rings. The maximum Gasteiger partial charge on any atom is 0.407 e. The van der Waals surface area contributed by atoms with E-state index in [1.54, 1.807) is 12.1 Å². The van der Waals surface area contributed by atoms with Gasteiger partial charge in [0.05, 0.1) is 25.8 Å². The van der Waals surface area contributed by atoms with Gasteiger partial charge in [-0.3, -0.25) is 9.89 Å². The molecule has 1 saturated heterocycles. The first kappa shape index (κ1) is 28.4. The Morgan fingerprint density at radius 2 is 1.91 bits per heavy atom. The van der Waals surface area contributed by atoms with Gasteiger partial charge in [0.25, 0.3) is 0 Å². The van der Waals surface area contributed by atoms with E-state index >= 15 is 0 Å². The lowest BCUT2D eigenvalue weighted by Gasteiger charge is -2.34. The SMILES string of the molecule is CCNC(=NCC(c1cccc(F)c1)N1CCOCC1)NCCNC(=O)OC(C)(C)C.I. The van der Waals surface area contributed by atoms with Crippen LogP contribution >= 0.6 is 24.0 Å². The summed E-state index contributed by atoms with van der Waals surface area (Å²) in [4.78, 5) is 18.7. The van der Waals surface area contributed by atoms with Gasteiger partial charge in [0.15, 0.2) is 5.96 Å². The fourth-order valence-corrected chi connectivity index (χ4v) is 3.21. The zero-order chi connectivity index (χ0) is 22.7. The quantitative estimate of drug-likeness (QED) is 0.195. The third-order valence-corrected chi connectivity index (χ3v) is 4.57. The van der Waals surface area contributed by atoms with Crippen molar-refractivity contribution in [1.29, 1.82) is 0 Å². The number of nitrogens with zero attached hydrogens (tertiary/aromatic N) is 2. The normalized spacial score (nSPS) is 16.0. The fourth-order valence-electron chi connectivity index (χ4n) is 3.21. The summed E-state index contributed by atoms with van der Waals surface area (Å²) >= 11 is 0. The van der Waals surface area contributed by atoms with Gasteiger partial charge in [-0.05, 0) is 45.4 Å². The Balaban J connectivity index is 0.00000512. The number of morpholine rings is 1. The molecule has 1 aromatic carbocycles. The van der Waals surface area contributed by atoms with E-state index in [0.717, 1.165) is 18.7 Å². The van der Waals surface area contributed by atoms with Gasteiger partial charge in [-0.25, -0.2) is 9.18 Å². The van der Waals surface area contributed by atoms with E-state index < -0.39 is 11.7 Å². The number of halogens is 2. The first-order valence-corrected chi connectivity index (χ1v) is 10.8. The van der Waals surface area contributed by atoms with Crippen molar-refractivity contribution < 1.29 is 18.7 Å². The number of rotatable bonds is 8. The van der Waals surface area contributed by atoms with Crippen LogP contribution in [0.15, 0.2) is 29.3 Å². The highest BCUT2D eigenvalue weighted by Gasteiger charge is 2.23. The molecule has 8 nitrogen and oxygen atoms in total. The summed E-state index contributed by atoms with van der Waals surface area (Å²) in [5.74, 6) is 0.390. The van der Waals surface area contributed by atoms with Gasteiger partial charge in [0.1, 0.15) is 11.4 Å². The van der Waals surface area contributed by atoms with Gasteiger partial charge < -0.3 is 25.4 Å². The minimum absolute atomic E-state index is 0. The molecule has 0 aromatic heterocycles. The van der Waals surface area contributed by atoms with Crippen LogP contribution in [0.25, 0.3) is 0 Å². The third kappa shape index (κ3) is 10.8. The predicted octanol–water partition coefficient (Wildman–Crippen LogP) is 2.90. The van der Waals surface area contributed by atoms with E-state index in [9.17, 15) is 9.18 Å². The van der Waals surface area contributed by atoms with Crippen LogP contribution in [0.4, 0.5) is 9.18 Å². The van der Waals surface area contributed by atoms with Crippen LogP contribution in [0.5, 0.6) is 0 Å². The maximum atomic E-state index is 13.8. The molecule has 10 heteroatoms. The van der Waals surface area contributed by atoms with Crippen LogP contribution in [-0.4, -0.2) is 75.0 Å². The standard InChI is InChI=1S/C22H36FN5O3.HI/c1-5-24-20(25-9-10-26-21(29)31-22(2,3)4)27-16-19(28-11-13-30-14-12-28)17-7-6-8-18(23)15-17;/h6-8,15,19H,5,9-14,16H2,1-4H3,(H,26,29)(H2,24,25,27);1H. The van der Waals surface area contributed by atoms with Crippen LogP contribution in [0.2, 0.25) is 0 Å². The minimum atomic E-state index is -0.528. The van der Waals surface area contributed by atoms with E-state index in [4.69, 9.17) is 14.5 Å². The molecule has 0 aliphatic carbocycles. The summed E-state index contributed by atoms with van der Waals surface area (Å²) in [6.45, 7) is 12.4. The molecule has 1 atom stereocenters. The Morgan fingerprint density at radius 3 is 2.53 bits per heavy atom. The number of hydrogen-bond donors (Lipinski definition) is 3. The van der Waals surface area contributed by atoms with Crippen molar-refractivity contribution in [3.05, 3.63) is 35.6 Å². The Kier molecular flexibility index (Phi) is 12.8. The lowest BCUT2D eigenvalue weighted by molar-refractivity contribution is 0.0179. The molecule has 2 rings (SSSR count). The highest BCUT2D eigenvalue weighted by molar-refractivity contribution is 14.0. The molecule has 1 unspecified atom stereocenters.